The number of nitrogens with zero attached hydrogens (tertiary/aromatic N) is 1. The molecular weight excluding hydrogens is 246 g/mol. The first-order valence-corrected chi connectivity index (χ1v) is 6.04. The number of carboxylic acids is 1. The van der Waals surface area contributed by atoms with E-state index in [9.17, 15) is 9.59 Å². The van der Waals surface area contributed by atoms with Gasteiger partial charge in [0, 0.05) is 13.6 Å². The van der Waals surface area contributed by atoms with Crippen LogP contribution in [0.2, 0.25) is 0 Å². The molecule has 0 spiro atoms. The summed E-state index contributed by atoms with van der Waals surface area (Å²) in [7, 11) is 1.52. The third-order valence-corrected chi connectivity index (χ3v) is 2.77. The van der Waals surface area contributed by atoms with Crippen molar-refractivity contribution in [3.63, 3.8) is 0 Å². The molecule has 0 saturated carbocycles. The molecule has 5 heteroatoms. The number of amides is 1. The lowest BCUT2D eigenvalue weighted by molar-refractivity contribution is -0.137. The lowest BCUT2D eigenvalue weighted by atomic mass is 10.1. The number of hydrogen-bond acceptors (Lipinski definition) is 3. The average molecular weight is 265 g/mol. The number of aryl methyl sites for hydroxylation is 3. The molecule has 1 aromatic rings. The first kappa shape index (κ1) is 15.0. The van der Waals surface area contributed by atoms with Crippen molar-refractivity contribution in [2.24, 2.45) is 0 Å². The van der Waals surface area contributed by atoms with E-state index in [1.54, 1.807) is 0 Å². The molecule has 104 valence electrons. The first-order chi connectivity index (χ1) is 8.81. The molecule has 0 aromatic heterocycles. The number of ether oxygens (including phenoxy) is 1. The molecule has 0 unspecified atom stereocenters. The summed E-state index contributed by atoms with van der Waals surface area (Å²) in [5, 5.41) is 8.57. The van der Waals surface area contributed by atoms with E-state index in [-0.39, 0.29) is 13.0 Å². The zero-order valence-electron chi connectivity index (χ0n) is 11.7. The highest BCUT2D eigenvalue weighted by molar-refractivity contribution is 5.73. The van der Waals surface area contributed by atoms with Crippen LogP contribution < -0.4 is 4.74 Å². The van der Waals surface area contributed by atoms with Gasteiger partial charge in [0.05, 0.1) is 6.42 Å². The van der Waals surface area contributed by atoms with Crippen molar-refractivity contribution in [2.75, 3.05) is 13.6 Å². The van der Waals surface area contributed by atoms with Gasteiger partial charge in [0.1, 0.15) is 5.75 Å². The van der Waals surface area contributed by atoms with Gasteiger partial charge in [-0.05, 0) is 31.9 Å². The van der Waals surface area contributed by atoms with E-state index in [0.29, 0.717) is 5.75 Å². The van der Waals surface area contributed by atoms with E-state index < -0.39 is 12.1 Å². The van der Waals surface area contributed by atoms with Gasteiger partial charge in [-0.15, -0.1) is 0 Å². The zero-order chi connectivity index (χ0) is 14.6. The minimum absolute atomic E-state index is 0.0997. The Balaban J connectivity index is 2.74. The molecule has 1 amide bonds. The number of aliphatic carboxylic acids is 1. The Morgan fingerprint density at radius 1 is 1.21 bits per heavy atom. The van der Waals surface area contributed by atoms with Crippen molar-refractivity contribution in [1.29, 1.82) is 0 Å². The smallest absolute Gasteiger partial charge is 0.414 e. The molecule has 0 fully saturated rings. The van der Waals surface area contributed by atoms with Crippen LogP contribution in [0.15, 0.2) is 12.1 Å². The molecule has 0 aliphatic heterocycles. The summed E-state index contributed by atoms with van der Waals surface area (Å²) < 4.78 is 5.32. The van der Waals surface area contributed by atoms with Gasteiger partial charge < -0.3 is 14.7 Å². The molecule has 0 atom stereocenters. The van der Waals surface area contributed by atoms with Crippen LogP contribution in [0.4, 0.5) is 4.79 Å². The highest BCUT2D eigenvalue weighted by atomic mass is 16.6. The Bertz CT molecular complexity index is 473. The van der Waals surface area contributed by atoms with Crippen LogP contribution in [-0.4, -0.2) is 35.7 Å². The van der Waals surface area contributed by atoms with Crippen molar-refractivity contribution >= 4 is 12.1 Å². The molecule has 0 bridgehead atoms. The lowest BCUT2D eigenvalue weighted by Gasteiger charge is -2.18. The summed E-state index contributed by atoms with van der Waals surface area (Å²) >= 11 is 0. The number of carbonyl (C=O) groups excluding carboxylic acids is 1. The molecule has 5 nitrogen and oxygen atoms in total. The highest BCUT2D eigenvalue weighted by Gasteiger charge is 2.15. The van der Waals surface area contributed by atoms with Crippen LogP contribution in [0, 0.1) is 20.8 Å². The van der Waals surface area contributed by atoms with Crippen molar-refractivity contribution < 1.29 is 19.4 Å². The summed E-state index contributed by atoms with van der Waals surface area (Å²) in [5.74, 6) is -0.403. The van der Waals surface area contributed by atoms with Gasteiger partial charge in [0.2, 0.25) is 0 Å². The predicted octanol–water partition coefficient (Wildman–Crippen LogP) is 2.52. The van der Waals surface area contributed by atoms with E-state index in [0.717, 1.165) is 16.7 Å². The molecular formula is C14H19NO4. The van der Waals surface area contributed by atoms with Gasteiger partial charge in [0.15, 0.2) is 0 Å². The largest absolute Gasteiger partial charge is 0.481 e. The Hall–Kier alpha value is -2.04. The van der Waals surface area contributed by atoms with Gasteiger partial charge in [-0.2, -0.15) is 0 Å². The summed E-state index contributed by atoms with van der Waals surface area (Å²) in [6, 6.07) is 3.87. The first-order valence-electron chi connectivity index (χ1n) is 6.04. The molecule has 0 saturated heterocycles. The van der Waals surface area contributed by atoms with Gasteiger partial charge in [-0.1, -0.05) is 17.7 Å². The van der Waals surface area contributed by atoms with Crippen LogP contribution in [-0.2, 0) is 4.79 Å². The van der Waals surface area contributed by atoms with Crippen LogP contribution in [0.3, 0.4) is 0 Å². The molecule has 0 aliphatic carbocycles. The SMILES string of the molecule is Cc1cc(C)c(OC(=O)N(C)CCC(=O)O)c(C)c1. The van der Waals surface area contributed by atoms with E-state index in [2.05, 4.69) is 0 Å². The monoisotopic (exact) mass is 265 g/mol. The van der Waals surface area contributed by atoms with E-state index in [1.165, 1.54) is 11.9 Å². The summed E-state index contributed by atoms with van der Waals surface area (Å²) in [6.45, 7) is 5.85. The third kappa shape index (κ3) is 4.28. The minimum Gasteiger partial charge on any atom is -0.481 e. The normalized spacial score (nSPS) is 10.1. The highest BCUT2D eigenvalue weighted by Crippen LogP contribution is 2.25. The molecule has 1 aromatic carbocycles. The number of carboxylic acid groups (broad SMARTS) is 1. The fourth-order valence-corrected chi connectivity index (χ4v) is 1.85. The molecule has 0 heterocycles. The second-order valence-corrected chi connectivity index (χ2v) is 4.66. The quantitative estimate of drug-likeness (QED) is 0.908. The van der Waals surface area contributed by atoms with Gasteiger partial charge in [0.25, 0.3) is 0 Å². The van der Waals surface area contributed by atoms with Gasteiger partial charge in [-0.3, -0.25) is 4.79 Å². The fourth-order valence-electron chi connectivity index (χ4n) is 1.85. The maximum absolute atomic E-state index is 11.8. The fraction of sp³-hybridized carbons (Fsp3) is 0.429. The Labute approximate surface area is 112 Å². The Morgan fingerprint density at radius 3 is 2.21 bits per heavy atom. The molecule has 19 heavy (non-hydrogen) atoms. The van der Waals surface area contributed by atoms with Crippen molar-refractivity contribution in [3.8, 4) is 5.75 Å². The van der Waals surface area contributed by atoms with Crippen molar-refractivity contribution in [1.82, 2.24) is 4.90 Å². The lowest BCUT2D eigenvalue weighted by Crippen LogP contribution is -2.32. The van der Waals surface area contributed by atoms with Crippen molar-refractivity contribution in [2.45, 2.75) is 27.2 Å². The Kier molecular flexibility index (Phi) is 4.92. The van der Waals surface area contributed by atoms with Crippen LogP contribution >= 0.6 is 0 Å². The van der Waals surface area contributed by atoms with E-state index in [1.807, 2.05) is 32.9 Å². The number of hydrogen-bond donors (Lipinski definition) is 1. The number of rotatable bonds is 4. The topological polar surface area (TPSA) is 66.8 Å². The summed E-state index contributed by atoms with van der Waals surface area (Å²) in [5.41, 5.74) is 2.88. The van der Waals surface area contributed by atoms with Crippen LogP contribution in [0.25, 0.3) is 0 Å². The second-order valence-electron chi connectivity index (χ2n) is 4.66. The number of benzene rings is 1. The zero-order valence-corrected chi connectivity index (χ0v) is 11.7. The maximum atomic E-state index is 11.8. The maximum Gasteiger partial charge on any atom is 0.414 e. The molecule has 1 N–H and O–H groups in total. The molecule has 1 rings (SSSR count). The van der Waals surface area contributed by atoms with Crippen LogP contribution in [0.1, 0.15) is 23.1 Å². The third-order valence-electron chi connectivity index (χ3n) is 2.77. The number of carbonyl (C=O) groups is 2. The van der Waals surface area contributed by atoms with Gasteiger partial charge in [-0.25, -0.2) is 4.79 Å². The molecule has 0 radical (unpaired) electrons. The van der Waals surface area contributed by atoms with E-state index >= 15 is 0 Å². The van der Waals surface area contributed by atoms with Crippen LogP contribution in [0.5, 0.6) is 5.75 Å². The summed E-state index contributed by atoms with van der Waals surface area (Å²) in [6.07, 6.45) is -0.645. The Morgan fingerprint density at radius 2 is 1.74 bits per heavy atom. The average Bonchev–Trinajstić information content (AvgIpc) is 2.30. The molecule has 0 aliphatic rings. The van der Waals surface area contributed by atoms with Gasteiger partial charge >= 0.3 is 12.1 Å². The van der Waals surface area contributed by atoms with Crippen molar-refractivity contribution in [3.05, 3.63) is 28.8 Å². The van der Waals surface area contributed by atoms with E-state index in [4.69, 9.17) is 9.84 Å². The standard InChI is InChI=1S/C14H19NO4/c1-9-7-10(2)13(11(3)8-9)19-14(18)15(4)6-5-12(16)17/h7-8H,5-6H2,1-4H3,(H,16,17). The minimum atomic E-state index is -0.942. The predicted molar refractivity (Wildman–Crippen MR) is 71.6 cm³/mol. The second kappa shape index (κ2) is 6.22. The summed E-state index contributed by atoms with van der Waals surface area (Å²) in [4.78, 5) is 23.5.